The summed E-state index contributed by atoms with van der Waals surface area (Å²) in [4.78, 5) is 0. The maximum Gasteiger partial charge on any atom is 0.145 e. The van der Waals surface area contributed by atoms with E-state index >= 15 is 0 Å². The first kappa shape index (κ1) is 19.8. The van der Waals surface area contributed by atoms with Crippen LogP contribution < -0.4 is 0 Å². The minimum absolute atomic E-state index is 0.931. The van der Waals surface area contributed by atoms with Crippen LogP contribution in [0.3, 0.4) is 0 Å². The molecule has 0 unspecified atom stereocenters. The van der Waals surface area contributed by atoms with Gasteiger partial charge in [0.25, 0.3) is 0 Å². The molecule has 180 valence electrons. The zero-order chi connectivity index (χ0) is 25.2. The van der Waals surface area contributed by atoms with Crippen LogP contribution >= 0.6 is 0 Å². The molecule has 6 aromatic carbocycles. The van der Waals surface area contributed by atoms with Crippen LogP contribution in [0.4, 0.5) is 0 Å². The lowest BCUT2D eigenvalue weighted by atomic mass is 10.0. The molecule has 0 radical (unpaired) electrons. The van der Waals surface area contributed by atoms with Gasteiger partial charge < -0.3 is 13.4 Å². The number of rotatable bonds is 1. The Morgan fingerprint density at radius 3 is 2.03 bits per heavy atom. The van der Waals surface area contributed by atoms with Crippen molar-refractivity contribution in [3.05, 3.63) is 121 Å². The smallest absolute Gasteiger partial charge is 0.145 e. The van der Waals surface area contributed by atoms with Crippen LogP contribution in [-0.4, -0.2) is 8.97 Å². The van der Waals surface area contributed by atoms with Gasteiger partial charge in [0.15, 0.2) is 0 Å². The summed E-state index contributed by atoms with van der Waals surface area (Å²) in [5.41, 5.74) is 9.21. The molecule has 4 aromatic heterocycles. The number of benzene rings is 6. The van der Waals surface area contributed by atoms with Gasteiger partial charge in [-0.05, 0) is 48.5 Å². The van der Waals surface area contributed by atoms with Gasteiger partial charge in [0.1, 0.15) is 11.2 Å². The Hall–Kier alpha value is -5.28. The molecular weight excluding hydrogens is 476 g/mol. The van der Waals surface area contributed by atoms with Gasteiger partial charge in [-0.15, -0.1) is 0 Å². The first-order chi connectivity index (χ1) is 19.4. The van der Waals surface area contributed by atoms with Crippen LogP contribution in [0, 0.1) is 0 Å². The van der Waals surface area contributed by atoms with Gasteiger partial charge in [0.2, 0.25) is 0 Å². The molecule has 0 saturated carbocycles. The van der Waals surface area contributed by atoms with Gasteiger partial charge in [0, 0.05) is 43.4 Å². The second-order valence-electron chi connectivity index (χ2n) is 10.5. The van der Waals surface area contributed by atoms with Gasteiger partial charge in [-0.25, -0.2) is 0 Å². The number of furan rings is 1. The fourth-order valence-electron chi connectivity index (χ4n) is 7.12. The molecule has 4 heterocycles. The van der Waals surface area contributed by atoms with Crippen molar-refractivity contribution in [3.8, 4) is 5.69 Å². The molecule has 10 aromatic rings. The highest BCUT2D eigenvalue weighted by atomic mass is 16.3. The largest absolute Gasteiger partial charge is 0.455 e. The predicted molar refractivity (Wildman–Crippen MR) is 163 cm³/mol. The van der Waals surface area contributed by atoms with E-state index in [1.807, 2.05) is 6.07 Å². The van der Waals surface area contributed by atoms with Crippen LogP contribution in [0.2, 0.25) is 0 Å². The second-order valence-corrected chi connectivity index (χ2v) is 10.5. The monoisotopic (exact) mass is 496 g/mol. The van der Waals surface area contributed by atoms with Gasteiger partial charge in [-0.3, -0.25) is 0 Å². The van der Waals surface area contributed by atoms with E-state index in [1.165, 1.54) is 71.0 Å². The third kappa shape index (κ3) is 2.27. The van der Waals surface area contributed by atoms with Crippen molar-refractivity contribution < 1.29 is 4.42 Å². The number of hydrogen-bond acceptors (Lipinski definition) is 1. The van der Waals surface area contributed by atoms with Gasteiger partial charge in [-0.1, -0.05) is 72.8 Å². The minimum Gasteiger partial charge on any atom is -0.455 e. The lowest BCUT2D eigenvalue weighted by Gasteiger charge is -2.09. The second kappa shape index (κ2) is 6.77. The summed E-state index contributed by atoms with van der Waals surface area (Å²) in [5.74, 6) is 0. The third-order valence-electron chi connectivity index (χ3n) is 8.62. The van der Waals surface area contributed by atoms with E-state index in [1.54, 1.807) is 0 Å². The maximum atomic E-state index is 6.59. The highest BCUT2D eigenvalue weighted by molar-refractivity contribution is 6.36. The van der Waals surface area contributed by atoms with Crippen LogP contribution in [0.25, 0.3) is 87.5 Å². The van der Waals surface area contributed by atoms with Crippen molar-refractivity contribution in [1.82, 2.24) is 8.97 Å². The maximum absolute atomic E-state index is 6.59. The molecule has 0 aliphatic rings. The minimum atomic E-state index is 0.931. The highest BCUT2D eigenvalue weighted by Crippen LogP contribution is 2.48. The number of aromatic nitrogens is 2. The summed E-state index contributed by atoms with van der Waals surface area (Å²) in [6.45, 7) is 0. The molecule has 0 saturated heterocycles. The molecule has 0 amide bonds. The molecular formula is C36H20N2O. The zero-order valence-corrected chi connectivity index (χ0v) is 20.8. The van der Waals surface area contributed by atoms with Crippen molar-refractivity contribution in [2.45, 2.75) is 0 Å². The highest BCUT2D eigenvalue weighted by Gasteiger charge is 2.26. The van der Waals surface area contributed by atoms with Crippen LogP contribution in [0.5, 0.6) is 0 Å². The van der Waals surface area contributed by atoms with Crippen molar-refractivity contribution in [3.63, 3.8) is 0 Å². The summed E-state index contributed by atoms with van der Waals surface area (Å²) in [6.07, 6.45) is 0. The van der Waals surface area contributed by atoms with Gasteiger partial charge in [-0.2, -0.15) is 0 Å². The van der Waals surface area contributed by atoms with E-state index in [-0.39, 0.29) is 0 Å². The summed E-state index contributed by atoms with van der Waals surface area (Å²) in [7, 11) is 0. The topological polar surface area (TPSA) is 22.5 Å². The SMILES string of the molecule is c1ccc(-n2c3ccccc3c3cc4c5c6oc7ccccc7c6ccc5n5c6ccccc6c(c32)c45)cc1. The van der Waals surface area contributed by atoms with Crippen molar-refractivity contribution in [2.24, 2.45) is 0 Å². The standard InChI is InChI=1S/C36H20N2O/c1-2-10-21(11-3-1)37-28-15-7-4-12-22(28)26-20-27-32-30(19-18-24-23-13-6-9-17-31(23)39-36(24)32)38-29-16-8-5-14-25(29)33(34(26)37)35(27)38/h1-20H. The van der Waals surface area contributed by atoms with E-state index in [0.717, 1.165) is 16.6 Å². The summed E-state index contributed by atoms with van der Waals surface area (Å²) < 4.78 is 11.5. The van der Waals surface area contributed by atoms with E-state index in [0.29, 0.717) is 0 Å². The average Bonchev–Trinajstić information content (AvgIpc) is 3.72. The number of nitrogens with zero attached hydrogens (tertiary/aromatic N) is 2. The van der Waals surface area contributed by atoms with Crippen molar-refractivity contribution >= 4 is 81.8 Å². The normalized spacial score (nSPS) is 12.6. The molecule has 3 heteroatoms. The molecule has 0 aliphatic carbocycles. The molecule has 0 N–H and O–H groups in total. The molecule has 0 bridgehead atoms. The number of hydrogen-bond donors (Lipinski definition) is 0. The van der Waals surface area contributed by atoms with Crippen molar-refractivity contribution in [2.75, 3.05) is 0 Å². The lowest BCUT2D eigenvalue weighted by molar-refractivity contribution is 0.673. The fourth-order valence-corrected chi connectivity index (χ4v) is 7.12. The van der Waals surface area contributed by atoms with Crippen LogP contribution in [0.15, 0.2) is 126 Å². The van der Waals surface area contributed by atoms with Crippen molar-refractivity contribution in [1.29, 1.82) is 0 Å². The van der Waals surface area contributed by atoms with Gasteiger partial charge in [0.05, 0.1) is 33.0 Å². The van der Waals surface area contributed by atoms with E-state index < -0.39 is 0 Å². The number of fused-ring (bicyclic) bond motifs is 14. The Kier molecular flexibility index (Phi) is 3.44. The Morgan fingerprint density at radius 2 is 1.15 bits per heavy atom. The Labute approximate surface area is 222 Å². The molecule has 10 rings (SSSR count). The van der Waals surface area contributed by atoms with E-state index in [2.05, 4.69) is 124 Å². The molecule has 0 aliphatic heterocycles. The quantitative estimate of drug-likeness (QED) is 0.222. The Bertz CT molecular complexity index is 2600. The average molecular weight is 497 g/mol. The molecule has 0 spiro atoms. The summed E-state index contributed by atoms with van der Waals surface area (Å²) >= 11 is 0. The third-order valence-corrected chi connectivity index (χ3v) is 8.62. The summed E-state index contributed by atoms with van der Waals surface area (Å²) in [6, 6.07) is 43.6. The fraction of sp³-hybridized carbons (Fsp3) is 0. The van der Waals surface area contributed by atoms with E-state index in [4.69, 9.17) is 4.42 Å². The van der Waals surface area contributed by atoms with Gasteiger partial charge >= 0.3 is 0 Å². The first-order valence-electron chi connectivity index (χ1n) is 13.4. The zero-order valence-electron chi connectivity index (χ0n) is 20.8. The lowest BCUT2D eigenvalue weighted by Crippen LogP contribution is -1.93. The Balaban J connectivity index is 1.56. The molecule has 39 heavy (non-hydrogen) atoms. The molecule has 0 atom stereocenters. The molecule has 0 fully saturated rings. The van der Waals surface area contributed by atoms with E-state index in [9.17, 15) is 0 Å². The summed E-state index contributed by atoms with van der Waals surface area (Å²) in [5, 5.41) is 9.84. The first-order valence-corrected chi connectivity index (χ1v) is 13.4. The van der Waals surface area contributed by atoms with Crippen LogP contribution in [0.1, 0.15) is 0 Å². The predicted octanol–water partition coefficient (Wildman–Crippen LogP) is 9.83. The van der Waals surface area contributed by atoms with Crippen LogP contribution in [-0.2, 0) is 0 Å². The molecule has 3 nitrogen and oxygen atoms in total. The number of para-hydroxylation sites is 4. The Morgan fingerprint density at radius 1 is 0.436 bits per heavy atom.